The van der Waals surface area contributed by atoms with Gasteiger partial charge in [-0.05, 0) is 55.2 Å². The van der Waals surface area contributed by atoms with Crippen LogP contribution in [0.25, 0.3) is 0 Å². The van der Waals surface area contributed by atoms with E-state index < -0.39 is 0 Å². The van der Waals surface area contributed by atoms with Gasteiger partial charge < -0.3 is 19.5 Å². The maximum atomic E-state index is 5.34. The molecule has 1 atom stereocenters. The third kappa shape index (κ3) is 5.17. The average Bonchev–Trinajstić information content (AvgIpc) is 2.64. The van der Waals surface area contributed by atoms with Gasteiger partial charge in [0.15, 0.2) is 11.5 Å². The molecule has 2 aromatic carbocycles. The molecule has 0 bridgehead atoms. The van der Waals surface area contributed by atoms with Crippen LogP contribution in [-0.2, 0) is 13.0 Å². The minimum Gasteiger partial charge on any atom is -0.497 e. The summed E-state index contributed by atoms with van der Waals surface area (Å²) in [6, 6.07) is 14.7. The molecule has 1 unspecified atom stereocenters. The molecule has 0 amide bonds. The molecule has 0 fully saturated rings. The Morgan fingerprint density at radius 3 is 2.12 bits per heavy atom. The molecule has 130 valence electrons. The predicted molar refractivity (Wildman–Crippen MR) is 97.2 cm³/mol. The second-order valence-electron chi connectivity index (χ2n) is 5.86. The monoisotopic (exact) mass is 329 g/mol. The van der Waals surface area contributed by atoms with E-state index in [1.165, 1.54) is 11.1 Å². The molecule has 2 rings (SSSR count). The highest BCUT2D eigenvalue weighted by Crippen LogP contribution is 2.27. The van der Waals surface area contributed by atoms with Gasteiger partial charge in [-0.15, -0.1) is 0 Å². The Kier molecular flexibility index (Phi) is 6.94. The second-order valence-corrected chi connectivity index (χ2v) is 5.86. The Morgan fingerprint density at radius 1 is 0.833 bits per heavy atom. The number of rotatable bonds is 9. The topological polar surface area (TPSA) is 39.7 Å². The van der Waals surface area contributed by atoms with Gasteiger partial charge in [0.2, 0.25) is 0 Å². The lowest BCUT2D eigenvalue weighted by Crippen LogP contribution is -2.26. The molecule has 4 heteroatoms. The highest BCUT2D eigenvalue weighted by atomic mass is 16.5. The molecule has 0 aliphatic heterocycles. The van der Waals surface area contributed by atoms with Crippen molar-refractivity contribution in [2.45, 2.75) is 32.4 Å². The third-order valence-electron chi connectivity index (χ3n) is 4.13. The van der Waals surface area contributed by atoms with E-state index in [9.17, 15) is 0 Å². The Morgan fingerprint density at radius 2 is 1.50 bits per heavy atom. The van der Waals surface area contributed by atoms with Crippen LogP contribution in [0.4, 0.5) is 0 Å². The van der Waals surface area contributed by atoms with Crippen LogP contribution in [-0.4, -0.2) is 27.4 Å². The van der Waals surface area contributed by atoms with Crippen molar-refractivity contribution in [3.05, 3.63) is 53.6 Å². The lowest BCUT2D eigenvalue weighted by molar-refractivity contribution is 0.354. The minimum atomic E-state index is 0.431. The highest BCUT2D eigenvalue weighted by molar-refractivity contribution is 5.42. The zero-order valence-corrected chi connectivity index (χ0v) is 15.0. The van der Waals surface area contributed by atoms with E-state index in [-0.39, 0.29) is 0 Å². The van der Waals surface area contributed by atoms with E-state index >= 15 is 0 Å². The third-order valence-corrected chi connectivity index (χ3v) is 4.13. The summed E-state index contributed by atoms with van der Waals surface area (Å²) in [6.07, 6.45) is 2.13. The summed E-state index contributed by atoms with van der Waals surface area (Å²) in [4.78, 5) is 0. The summed E-state index contributed by atoms with van der Waals surface area (Å²) in [6.45, 7) is 3.02. The minimum absolute atomic E-state index is 0.431. The number of methoxy groups -OCH3 is 3. The summed E-state index contributed by atoms with van der Waals surface area (Å²) >= 11 is 0. The van der Waals surface area contributed by atoms with Crippen molar-refractivity contribution in [3.63, 3.8) is 0 Å². The fourth-order valence-electron chi connectivity index (χ4n) is 2.56. The van der Waals surface area contributed by atoms with E-state index in [4.69, 9.17) is 14.2 Å². The van der Waals surface area contributed by atoms with Crippen molar-refractivity contribution in [3.8, 4) is 17.2 Å². The van der Waals surface area contributed by atoms with E-state index in [1.807, 2.05) is 24.3 Å². The SMILES string of the molecule is COc1ccc(CCC(C)NCc2ccc(OC)c(OC)c2)cc1. The first-order valence-corrected chi connectivity index (χ1v) is 8.23. The number of ether oxygens (including phenoxy) is 3. The molecule has 0 radical (unpaired) electrons. The molecule has 2 aromatic rings. The predicted octanol–water partition coefficient (Wildman–Crippen LogP) is 3.82. The molecule has 0 saturated heterocycles. The van der Waals surface area contributed by atoms with Gasteiger partial charge in [0.1, 0.15) is 5.75 Å². The van der Waals surface area contributed by atoms with Gasteiger partial charge in [0.25, 0.3) is 0 Å². The summed E-state index contributed by atoms with van der Waals surface area (Å²) < 4.78 is 15.8. The maximum absolute atomic E-state index is 5.34. The summed E-state index contributed by atoms with van der Waals surface area (Å²) in [5.41, 5.74) is 2.51. The molecule has 0 aromatic heterocycles. The Hall–Kier alpha value is -2.20. The quantitative estimate of drug-likeness (QED) is 0.759. The highest BCUT2D eigenvalue weighted by Gasteiger charge is 2.06. The van der Waals surface area contributed by atoms with Crippen molar-refractivity contribution in [1.82, 2.24) is 5.32 Å². The van der Waals surface area contributed by atoms with Crippen molar-refractivity contribution in [2.75, 3.05) is 21.3 Å². The van der Waals surface area contributed by atoms with Crippen LogP contribution in [0.2, 0.25) is 0 Å². The van der Waals surface area contributed by atoms with Crippen molar-refractivity contribution in [1.29, 1.82) is 0 Å². The standard InChI is InChI=1S/C20H27NO3/c1-15(5-6-16-7-10-18(22-2)11-8-16)21-14-17-9-12-19(23-3)20(13-17)24-4/h7-13,15,21H,5-6,14H2,1-4H3. The van der Waals surface area contributed by atoms with Crippen molar-refractivity contribution < 1.29 is 14.2 Å². The normalized spacial score (nSPS) is 11.8. The smallest absolute Gasteiger partial charge is 0.161 e. The van der Waals surface area contributed by atoms with Crippen molar-refractivity contribution in [2.24, 2.45) is 0 Å². The average molecular weight is 329 g/mol. The van der Waals surface area contributed by atoms with Crippen LogP contribution >= 0.6 is 0 Å². The molecule has 1 N–H and O–H groups in total. The molecule has 4 nitrogen and oxygen atoms in total. The van der Waals surface area contributed by atoms with Crippen LogP contribution in [0.1, 0.15) is 24.5 Å². The first-order valence-electron chi connectivity index (χ1n) is 8.23. The number of nitrogens with one attached hydrogen (secondary N) is 1. The van der Waals surface area contributed by atoms with Gasteiger partial charge in [0, 0.05) is 12.6 Å². The Balaban J connectivity index is 1.81. The molecule has 24 heavy (non-hydrogen) atoms. The first-order chi connectivity index (χ1) is 11.7. The van der Waals surface area contributed by atoms with Crippen LogP contribution < -0.4 is 19.5 Å². The molecule has 0 aliphatic carbocycles. The molecular weight excluding hydrogens is 302 g/mol. The van der Waals surface area contributed by atoms with Gasteiger partial charge >= 0.3 is 0 Å². The summed E-state index contributed by atoms with van der Waals surface area (Å²) in [5, 5.41) is 3.56. The first kappa shape index (κ1) is 18.1. The van der Waals surface area contributed by atoms with Crippen LogP contribution in [0.15, 0.2) is 42.5 Å². The molecular formula is C20H27NO3. The van der Waals surface area contributed by atoms with E-state index in [0.29, 0.717) is 6.04 Å². The summed E-state index contributed by atoms with van der Waals surface area (Å²) in [7, 11) is 5.00. The molecule has 0 saturated carbocycles. The fraction of sp³-hybridized carbons (Fsp3) is 0.400. The van der Waals surface area contributed by atoms with E-state index in [2.05, 4.69) is 30.4 Å². The van der Waals surface area contributed by atoms with Crippen molar-refractivity contribution >= 4 is 0 Å². The fourth-order valence-corrected chi connectivity index (χ4v) is 2.56. The number of benzene rings is 2. The van der Waals surface area contributed by atoms with Gasteiger partial charge in [0.05, 0.1) is 21.3 Å². The zero-order chi connectivity index (χ0) is 17.4. The van der Waals surface area contributed by atoms with E-state index in [0.717, 1.165) is 36.6 Å². The molecule has 0 spiro atoms. The number of aryl methyl sites for hydroxylation is 1. The van der Waals surface area contributed by atoms with Gasteiger partial charge in [-0.25, -0.2) is 0 Å². The molecule has 0 aliphatic rings. The molecule has 0 heterocycles. The van der Waals surface area contributed by atoms with E-state index in [1.54, 1.807) is 21.3 Å². The second kappa shape index (κ2) is 9.18. The lowest BCUT2D eigenvalue weighted by atomic mass is 10.1. The van der Waals surface area contributed by atoms with Gasteiger partial charge in [-0.1, -0.05) is 18.2 Å². The zero-order valence-electron chi connectivity index (χ0n) is 15.0. The maximum Gasteiger partial charge on any atom is 0.161 e. The largest absolute Gasteiger partial charge is 0.497 e. The van der Waals surface area contributed by atoms with Crippen LogP contribution in [0.5, 0.6) is 17.2 Å². The van der Waals surface area contributed by atoms with Gasteiger partial charge in [-0.2, -0.15) is 0 Å². The number of hydrogen-bond acceptors (Lipinski definition) is 4. The summed E-state index contributed by atoms with van der Waals surface area (Å²) in [5.74, 6) is 2.43. The van der Waals surface area contributed by atoms with Crippen LogP contribution in [0, 0.1) is 0 Å². The Labute approximate surface area is 144 Å². The lowest BCUT2D eigenvalue weighted by Gasteiger charge is -2.15. The van der Waals surface area contributed by atoms with Gasteiger partial charge in [-0.3, -0.25) is 0 Å². The van der Waals surface area contributed by atoms with Crippen LogP contribution in [0.3, 0.4) is 0 Å². The number of hydrogen-bond donors (Lipinski definition) is 1. The Bertz CT molecular complexity index is 625.